The van der Waals surface area contributed by atoms with E-state index in [-0.39, 0.29) is 48.6 Å². The lowest BCUT2D eigenvalue weighted by Crippen LogP contribution is -2.22. The van der Waals surface area contributed by atoms with E-state index in [0.29, 0.717) is 48.7 Å². The number of hydrogen-bond acceptors (Lipinski definition) is 11. The average molecular weight is 635 g/mol. The van der Waals surface area contributed by atoms with Crippen molar-refractivity contribution in [3.8, 4) is 29.6 Å². The number of para-hydroxylation sites is 2. The molecule has 5 rings (SSSR count). The van der Waals surface area contributed by atoms with Crippen LogP contribution < -0.4 is 41.6 Å². The Morgan fingerprint density at radius 1 is 0.702 bits per heavy atom. The molecule has 0 saturated carbocycles. The van der Waals surface area contributed by atoms with E-state index in [1.807, 2.05) is 36.4 Å². The van der Waals surface area contributed by atoms with Crippen LogP contribution in [0.3, 0.4) is 0 Å². The zero-order valence-electron chi connectivity index (χ0n) is 25.5. The van der Waals surface area contributed by atoms with Crippen LogP contribution in [0, 0.1) is 12.3 Å². The lowest BCUT2D eigenvalue weighted by molar-refractivity contribution is 0.101. The first-order valence-electron chi connectivity index (χ1n) is 14.9. The molecule has 13 heteroatoms. The fourth-order valence-corrected chi connectivity index (χ4v) is 4.58. The van der Waals surface area contributed by atoms with Crippen molar-refractivity contribution in [1.29, 1.82) is 0 Å². The van der Waals surface area contributed by atoms with E-state index in [9.17, 15) is 9.59 Å². The van der Waals surface area contributed by atoms with Gasteiger partial charge in [-0.05, 0) is 24.3 Å². The Hall–Kier alpha value is -5.81. The Bertz CT molecular complexity index is 1800. The van der Waals surface area contributed by atoms with E-state index in [0.717, 1.165) is 10.8 Å². The number of ether oxygens (including phenoxy) is 3. The highest BCUT2D eigenvalue weighted by atomic mass is 16.5. The second-order valence-corrected chi connectivity index (χ2v) is 10.0. The van der Waals surface area contributed by atoms with Crippen molar-refractivity contribution in [3.63, 3.8) is 0 Å². The molecule has 0 bridgehead atoms. The number of carbonyl (C=O) groups is 2. The summed E-state index contributed by atoms with van der Waals surface area (Å²) < 4.78 is 17.5. The number of nitrogens with zero attached hydrogens (tertiary/aromatic N) is 3. The third-order valence-corrected chi connectivity index (χ3v) is 6.63. The Morgan fingerprint density at radius 2 is 1.21 bits per heavy atom. The molecule has 0 unspecified atom stereocenters. The number of aromatic nitrogens is 3. The molecule has 0 atom stereocenters. The molecule has 47 heavy (non-hydrogen) atoms. The summed E-state index contributed by atoms with van der Waals surface area (Å²) in [6.07, 6.45) is 5.29. The number of amides is 2. The molecule has 0 radical (unpaired) electrons. The molecule has 0 aliphatic carbocycles. The van der Waals surface area contributed by atoms with Crippen molar-refractivity contribution in [3.05, 3.63) is 84.2 Å². The summed E-state index contributed by atoms with van der Waals surface area (Å²) in [5, 5.41) is 10.1. The summed E-state index contributed by atoms with van der Waals surface area (Å²) in [5.74, 6) is 2.97. The summed E-state index contributed by atoms with van der Waals surface area (Å²) in [4.78, 5) is 40.5. The molecule has 0 aliphatic heterocycles. The molecule has 2 amide bonds. The van der Waals surface area contributed by atoms with Gasteiger partial charge in [-0.15, -0.1) is 6.42 Å². The molecule has 3 heterocycles. The highest BCUT2D eigenvalue weighted by molar-refractivity contribution is 6.07. The first-order chi connectivity index (χ1) is 23.0. The number of rotatable bonds is 15. The van der Waals surface area contributed by atoms with Gasteiger partial charge in [-0.3, -0.25) is 9.59 Å². The third-order valence-electron chi connectivity index (χ3n) is 6.63. The lowest BCUT2D eigenvalue weighted by Gasteiger charge is -2.14. The van der Waals surface area contributed by atoms with Crippen LogP contribution in [-0.2, 0) is 0 Å². The predicted molar refractivity (Wildman–Crippen MR) is 180 cm³/mol. The molecule has 2 aromatic carbocycles. The van der Waals surface area contributed by atoms with Crippen LogP contribution >= 0.6 is 0 Å². The normalized spacial score (nSPS) is 10.7. The fraction of sp³-hybridized carbons (Fsp3) is 0.206. The minimum atomic E-state index is -0.621. The maximum atomic E-state index is 13.5. The van der Waals surface area contributed by atoms with Gasteiger partial charge in [-0.25, -0.2) is 15.0 Å². The van der Waals surface area contributed by atoms with Crippen LogP contribution in [0.5, 0.6) is 17.2 Å². The minimum absolute atomic E-state index is 0.0814. The number of nitrogens with one attached hydrogen (secondary N) is 3. The van der Waals surface area contributed by atoms with Crippen molar-refractivity contribution < 1.29 is 23.8 Å². The summed E-state index contributed by atoms with van der Waals surface area (Å²) in [6.45, 7) is 2.22. The van der Waals surface area contributed by atoms with E-state index >= 15 is 0 Å². The van der Waals surface area contributed by atoms with Gasteiger partial charge >= 0.3 is 0 Å². The van der Waals surface area contributed by atoms with Crippen molar-refractivity contribution in [2.75, 3.05) is 56.6 Å². The number of terminal acetylenes is 1. The Labute approximate surface area is 271 Å². The molecule has 0 saturated heterocycles. The molecule has 7 N–H and O–H groups in total. The van der Waals surface area contributed by atoms with E-state index in [4.69, 9.17) is 32.1 Å². The van der Waals surface area contributed by atoms with E-state index in [1.54, 1.807) is 24.3 Å². The van der Waals surface area contributed by atoms with Crippen molar-refractivity contribution in [2.45, 2.75) is 0 Å². The molecule has 240 valence electrons. The predicted octanol–water partition coefficient (Wildman–Crippen LogP) is 2.96. The van der Waals surface area contributed by atoms with Crippen LogP contribution in [0.15, 0.2) is 72.8 Å². The van der Waals surface area contributed by atoms with Crippen LogP contribution in [0.1, 0.15) is 21.0 Å². The maximum absolute atomic E-state index is 13.5. The van der Waals surface area contributed by atoms with Crippen molar-refractivity contribution in [1.82, 2.24) is 20.3 Å². The van der Waals surface area contributed by atoms with Gasteiger partial charge in [0.15, 0.2) is 0 Å². The standard InChI is InChI=1S/C34H34N8O5/c1-2-13-37-14-17-45-22-18-27(33(43)41-31-20-29(46-15-11-35)23-7-3-5-9-25(23)39-31)38-28(19-22)34(44)42-32-21-30(47-16-12-36)24-8-4-6-10-26(24)40-32/h1,3-10,18-21,37H,11-17,35-36H2,(H,39,41,43)(H,40,42,44). The van der Waals surface area contributed by atoms with Gasteiger partial charge in [0.1, 0.15) is 60.1 Å². The second kappa shape index (κ2) is 16.0. The van der Waals surface area contributed by atoms with Gasteiger partial charge in [0, 0.05) is 54.7 Å². The van der Waals surface area contributed by atoms with Gasteiger partial charge in [0.05, 0.1) is 17.6 Å². The monoisotopic (exact) mass is 634 g/mol. The van der Waals surface area contributed by atoms with Crippen LogP contribution in [0.2, 0.25) is 0 Å². The molecule has 0 aliphatic rings. The summed E-state index contributed by atoms with van der Waals surface area (Å²) in [6, 6.07) is 20.8. The smallest absolute Gasteiger partial charge is 0.275 e. The zero-order chi connectivity index (χ0) is 33.0. The number of fused-ring (bicyclic) bond motifs is 2. The van der Waals surface area contributed by atoms with Gasteiger partial charge in [0.2, 0.25) is 0 Å². The van der Waals surface area contributed by atoms with Crippen LogP contribution in [0.25, 0.3) is 21.8 Å². The quantitative estimate of drug-likeness (QED) is 0.0841. The zero-order valence-corrected chi connectivity index (χ0v) is 25.5. The topological polar surface area (TPSA) is 189 Å². The number of nitrogens with two attached hydrogens (primary N) is 2. The lowest BCUT2D eigenvalue weighted by atomic mass is 10.2. The molecular weight excluding hydrogens is 600 g/mol. The Balaban J connectivity index is 1.43. The highest BCUT2D eigenvalue weighted by Gasteiger charge is 2.19. The second-order valence-electron chi connectivity index (χ2n) is 10.0. The largest absolute Gasteiger partial charge is 0.492 e. The first-order valence-corrected chi connectivity index (χ1v) is 14.9. The molecule has 0 spiro atoms. The summed E-state index contributed by atoms with van der Waals surface area (Å²) in [7, 11) is 0. The van der Waals surface area contributed by atoms with Gasteiger partial charge in [0.25, 0.3) is 11.8 Å². The maximum Gasteiger partial charge on any atom is 0.275 e. The minimum Gasteiger partial charge on any atom is -0.492 e. The summed E-state index contributed by atoms with van der Waals surface area (Å²) >= 11 is 0. The van der Waals surface area contributed by atoms with E-state index < -0.39 is 11.8 Å². The molecule has 3 aromatic heterocycles. The van der Waals surface area contributed by atoms with Crippen molar-refractivity contribution in [2.24, 2.45) is 11.5 Å². The van der Waals surface area contributed by atoms with Crippen molar-refractivity contribution >= 4 is 45.3 Å². The van der Waals surface area contributed by atoms with Gasteiger partial charge in [-0.1, -0.05) is 30.2 Å². The van der Waals surface area contributed by atoms with Gasteiger partial charge in [-0.2, -0.15) is 0 Å². The van der Waals surface area contributed by atoms with Crippen LogP contribution in [0.4, 0.5) is 11.6 Å². The Kier molecular flexibility index (Phi) is 11.1. The number of hydrogen-bond donors (Lipinski definition) is 5. The fourth-order valence-electron chi connectivity index (χ4n) is 4.58. The number of benzene rings is 2. The molecule has 0 fully saturated rings. The van der Waals surface area contributed by atoms with E-state index in [1.165, 1.54) is 12.1 Å². The first kappa shape index (κ1) is 32.6. The molecule has 5 aromatic rings. The molecular formula is C34H34N8O5. The number of anilines is 2. The number of pyridine rings is 3. The van der Waals surface area contributed by atoms with Gasteiger partial charge < -0.3 is 41.6 Å². The summed E-state index contributed by atoms with van der Waals surface area (Å²) in [5.41, 5.74) is 12.3. The molecule has 13 nitrogen and oxygen atoms in total. The highest BCUT2D eigenvalue weighted by Crippen LogP contribution is 2.29. The van der Waals surface area contributed by atoms with Crippen LogP contribution in [-0.4, -0.2) is 72.8 Å². The van der Waals surface area contributed by atoms with E-state index in [2.05, 4.69) is 36.8 Å². The Morgan fingerprint density at radius 3 is 1.70 bits per heavy atom. The third kappa shape index (κ3) is 8.47. The number of carbonyl (C=O) groups excluding carboxylic acids is 2. The SMILES string of the molecule is C#CCNCCOc1cc(C(=O)Nc2cc(OCCN)c3ccccc3n2)nc(C(=O)Nc2cc(OCCN)c3ccccc3n2)c1. The average Bonchev–Trinajstić information content (AvgIpc) is 3.09.